The number of rotatable bonds is 6. The average Bonchev–Trinajstić information content (AvgIpc) is 3.23. The van der Waals surface area contributed by atoms with E-state index in [1.54, 1.807) is 22.1 Å². The quantitative estimate of drug-likeness (QED) is 0.621. The van der Waals surface area contributed by atoms with Crippen LogP contribution in [0.5, 0.6) is 0 Å². The Labute approximate surface area is 168 Å². The van der Waals surface area contributed by atoms with Crippen LogP contribution in [0.3, 0.4) is 0 Å². The van der Waals surface area contributed by atoms with Gasteiger partial charge in [0.05, 0.1) is 12.3 Å². The third-order valence-corrected chi connectivity index (χ3v) is 4.60. The monoisotopic (exact) mass is 398 g/mol. The van der Waals surface area contributed by atoms with Gasteiger partial charge in [-0.3, -0.25) is 18.6 Å². The van der Waals surface area contributed by atoms with Crippen molar-refractivity contribution in [3.63, 3.8) is 0 Å². The highest BCUT2D eigenvalue weighted by Gasteiger charge is 2.19. The van der Waals surface area contributed by atoms with Crippen molar-refractivity contribution in [2.24, 2.45) is 0 Å². The molecule has 3 rings (SSSR count). The third-order valence-electron chi connectivity index (χ3n) is 4.60. The number of aryl methyl sites for hydroxylation is 2. The molecule has 29 heavy (non-hydrogen) atoms. The molecule has 2 N–H and O–H groups in total. The first-order valence-corrected chi connectivity index (χ1v) is 9.46. The molecule has 1 atom stereocenters. The van der Waals surface area contributed by atoms with Gasteiger partial charge in [-0.25, -0.2) is 4.98 Å². The zero-order valence-electron chi connectivity index (χ0n) is 17.3. The highest BCUT2D eigenvalue weighted by molar-refractivity contribution is 5.93. The molecule has 0 fully saturated rings. The van der Waals surface area contributed by atoms with Crippen molar-refractivity contribution in [1.29, 1.82) is 0 Å². The van der Waals surface area contributed by atoms with Crippen molar-refractivity contribution >= 4 is 11.6 Å². The summed E-state index contributed by atoms with van der Waals surface area (Å²) in [5, 5.41) is 11.8. The third kappa shape index (κ3) is 4.17. The maximum Gasteiger partial charge on any atom is 0.295 e. The highest BCUT2D eigenvalue weighted by Crippen LogP contribution is 2.26. The number of amides is 1. The summed E-state index contributed by atoms with van der Waals surface area (Å²) >= 11 is 0. The fourth-order valence-corrected chi connectivity index (χ4v) is 3.09. The van der Waals surface area contributed by atoms with Gasteiger partial charge in [0, 0.05) is 30.5 Å². The molecule has 0 unspecified atom stereocenters. The van der Waals surface area contributed by atoms with Crippen molar-refractivity contribution in [2.45, 2.75) is 47.2 Å². The smallest absolute Gasteiger partial charge is 0.295 e. The summed E-state index contributed by atoms with van der Waals surface area (Å²) in [7, 11) is 0. The van der Waals surface area contributed by atoms with Gasteiger partial charge in [0.2, 0.25) is 5.65 Å². The van der Waals surface area contributed by atoms with E-state index < -0.39 is 11.9 Å². The van der Waals surface area contributed by atoms with Crippen LogP contribution in [0.15, 0.2) is 39.3 Å². The minimum absolute atomic E-state index is 0.119. The van der Waals surface area contributed by atoms with Crippen molar-refractivity contribution in [1.82, 2.24) is 19.3 Å². The van der Waals surface area contributed by atoms with Crippen LogP contribution in [0.1, 0.15) is 42.8 Å². The van der Waals surface area contributed by atoms with E-state index in [0.29, 0.717) is 18.0 Å². The second kappa shape index (κ2) is 8.08. The number of imidazole rings is 1. The maximum atomic E-state index is 13.2. The second-order valence-electron chi connectivity index (χ2n) is 7.45. The van der Waals surface area contributed by atoms with E-state index in [1.807, 2.05) is 39.8 Å². The molecule has 0 aliphatic rings. The first kappa shape index (κ1) is 20.6. The largest absolute Gasteiger partial charge is 0.466 e. The number of aromatic nitrogens is 3. The summed E-state index contributed by atoms with van der Waals surface area (Å²) < 4.78 is 8.85. The lowest BCUT2D eigenvalue weighted by Crippen LogP contribution is -2.35. The van der Waals surface area contributed by atoms with Crippen LogP contribution >= 0.6 is 0 Å². The molecule has 154 valence electrons. The summed E-state index contributed by atoms with van der Waals surface area (Å²) in [6.45, 7) is 9.53. The van der Waals surface area contributed by atoms with Gasteiger partial charge < -0.3 is 14.8 Å². The van der Waals surface area contributed by atoms with E-state index in [0.717, 1.165) is 16.9 Å². The van der Waals surface area contributed by atoms with Gasteiger partial charge >= 0.3 is 0 Å². The van der Waals surface area contributed by atoms with Crippen LogP contribution in [0, 0.1) is 13.8 Å². The van der Waals surface area contributed by atoms with E-state index in [9.17, 15) is 9.59 Å². The molecule has 0 aliphatic heterocycles. The average molecular weight is 398 g/mol. The lowest BCUT2D eigenvalue weighted by Gasteiger charge is -2.11. The normalized spacial score (nSPS) is 12.2. The molecule has 3 heterocycles. The molecule has 8 nitrogen and oxygen atoms in total. The molecule has 0 radical (unpaired) electrons. The van der Waals surface area contributed by atoms with Gasteiger partial charge in [-0.05, 0) is 40.7 Å². The van der Waals surface area contributed by atoms with Crippen molar-refractivity contribution in [2.75, 3.05) is 6.61 Å². The summed E-state index contributed by atoms with van der Waals surface area (Å²) in [6, 6.07) is 1.48. The molecular formula is C21H26N4O4. The van der Waals surface area contributed by atoms with Gasteiger partial charge in [0.25, 0.3) is 11.5 Å². The number of carbonyl (C=O) groups excluding carboxylic acids is 1. The molecule has 0 aliphatic carbocycles. The molecule has 0 saturated heterocycles. The first-order valence-electron chi connectivity index (χ1n) is 9.46. The molecule has 3 aromatic rings. The number of carbonyl (C=O) groups is 1. The minimum Gasteiger partial charge on any atom is -0.466 e. The zero-order valence-corrected chi connectivity index (χ0v) is 17.3. The Hall–Kier alpha value is -3.13. The summed E-state index contributed by atoms with van der Waals surface area (Å²) in [5.41, 5.74) is 2.57. The lowest BCUT2D eigenvalue weighted by molar-refractivity contribution is 0.0918. The molecule has 0 spiro atoms. The Morgan fingerprint density at radius 2 is 2.07 bits per heavy atom. The van der Waals surface area contributed by atoms with Gasteiger partial charge in [0.1, 0.15) is 17.2 Å². The molecular weight excluding hydrogens is 372 g/mol. The Morgan fingerprint density at radius 3 is 2.66 bits per heavy atom. The van der Waals surface area contributed by atoms with Crippen LogP contribution < -0.4 is 10.9 Å². The first-order chi connectivity index (χ1) is 13.7. The number of nitrogens with zero attached hydrogens (tertiary/aromatic N) is 3. The molecule has 0 bridgehead atoms. The minimum atomic E-state index is -0.442. The van der Waals surface area contributed by atoms with E-state index in [4.69, 9.17) is 9.52 Å². The standard InChI is InChI=1S/C21H26N4O4/c1-12(2)6-7-25-18(16-8-14(4)29-15(16)5)10-24-9-17(23-19(24)21(25)28)20(27)22-13(3)11-26/h6,8-10,13,26H,7,11H2,1-5H3,(H,22,27)/t13-/m1/s1. The van der Waals surface area contributed by atoms with Crippen LogP contribution in [0.25, 0.3) is 16.9 Å². The van der Waals surface area contributed by atoms with E-state index in [-0.39, 0.29) is 23.5 Å². The molecule has 0 saturated carbocycles. The fourth-order valence-electron chi connectivity index (χ4n) is 3.09. The maximum absolute atomic E-state index is 13.2. The molecule has 8 heteroatoms. The summed E-state index contributed by atoms with van der Waals surface area (Å²) in [4.78, 5) is 29.8. The number of allylic oxidation sites excluding steroid dienone is 2. The predicted octanol–water partition coefficient (Wildman–Crippen LogP) is 2.45. The van der Waals surface area contributed by atoms with Crippen LogP contribution in [-0.2, 0) is 6.54 Å². The van der Waals surface area contributed by atoms with E-state index >= 15 is 0 Å². The zero-order chi connectivity index (χ0) is 21.3. The van der Waals surface area contributed by atoms with E-state index in [2.05, 4.69) is 10.3 Å². The second-order valence-corrected chi connectivity index (χ2v) is 7.45. The number of nitrogens with one attached hydrogen (secondary N) is 1. The van der Waals surface area contributed by atoms with Gasteiger partial charge in [-0.1, -0.05) is 11.6 Å². The number of hydrogen-bond acceptors (Lipinski definition) is 5. The van der Waals surface area contributed by atoms with Crippen LogP contribution in [0.2, 0.25) is 0 Å². The van der Waals surface area contributed by atoms with Gasteiger partial charge in [0.15, 0.2) is 0 Å². The molecule has 0 aromatic carbocycles. The fraction of sp³-hybridized carbons (Fsp3) is 0.381. The number of aliphatic hydroxyl groups is 1. The number of hydrogen-bond donors (Lipinski definition) is 2. The topological polar surface area (TPSA) is 102 Å². The van der Waals surface area contributed by atoms with Crippen molar-refractivity contribution < 1.29 is 14.3 Å². The van der Waals surface area contributed by atoms with Crippen molar-refractivity contribution in [3.8, 4) is 11.3 Å². The highest BCUT2D eigenvalue weighted by atomic mass is 16.3. The lowest BCUT2D eigenvalue weighted by atomic mass is 10.1. The van der Waals surface area contributed by atoms with Crippen molar-refractivity contribution in [3.05, 3.63) is 57.7 Å². The predicted molar refractivity (Wildman–Crippen MR) is 110 cm³/mol. The van der Waals surface area contributed by atoms with Gasteiger partial charge in [-0.15, -0.1) is 0 Å². The molecule has 1 amide bonds. The number of furan rings is 1. The van der Waals surface area contributed by atoms with Gasteiger partial charge in [-0.2, -0.15) is 0 Å². The Bertz CT molecular complexity index is 1150. The number of fused-ring (bicyclic) bond motifs is 1. The summed E-state index contributed by atoms with van der Waals surface area (Å²) in [5.74, 6) is 1.02. The Kier molecular flexibility index (Phi) is 5.74. The van der Waals surface area contributed by atoms with Crippen LogP contribution in [0.4, 0.5) is 0 Å². The Balaban J connectivity index is 2.19. The number of aliphatic hydroxyl groups excluding tert-OH is 1. The van der Waals surface area contributed by atoms with E-state index in [1.165, 1.54) is 6.20 Å². The summed E-state index contributed by atoms with van der Waals surface area (Å²) in [6.07, 6.45) is 5.27. The Morgan fingerprint density at radius 1 is 1.34 bits per heavy atom. The molecule has 3 aromatic heterocycles. The van der Waals surface area contributed by atoms with Crippen LogP contribution in [-0.4, -0.2) is 37.6 Å². The SMILES string of the molecule is CC(C)=CCn1c(-c2cc(C)oc2C)cn2cc(C(=O)N[C@H](C)CO)nc2c1=O.